The van der Waals surface area contributed by atoms with Crippen LogP contribution in [0.2, 0.25) is 0 Å². The lowest BCUT2D eigenvalue weighted by atomic mass is 9.96. The van der Waals surface area contributed by atoms with Crippen LogP contribution in [0.5, 0.6) is 0 Å². The third-order valence-corrected chi connectivity index (χ3v) is 8.22. The number of likely N-dealkylation sites (tertiary alicyclic amines) is 1. The van der Waals surface area contributed by atoms with Crippen LogP contribution in [0.1, 0.15) is 68.8 Å². The van der Waals surface area contributed by atoms with E-state index in [4.69, 9.17) is 4.74 Å². The van der Waals surface area contributed by atoms with Crippen molar-refractivity contribution in [3.63, 3.8) is 0 Å². The predicted molar refractivity (Wildman–Crippen MR) is 143 cm³/mol. The van der Waals surface area contributed by atoms with Crippen LogP contribution in [0.25, 0.3) is 0 Å². The van der Waals surface area contributed by atoms with Crippen molar-refractivity contribution >= 4 is 17.3 Å². The molecule has 1 aliphatic carbocycles. The molecule has 2 aliphatic heterocycles. The Morgan fingerprint density at radius 2 is 1.74 bits per heavy atom. The fourth-order valence-electron chi connectivity index (χ4n) is 5.95. The van der Waals surface area contributed by atoms with Crippen LogP contribution >= 0.6 is 0 Å². The van der Waals surface area contributed by atoms with Crippen molar-refractivity contribution in [3.8, 4) is 0 Å². The molecule has 188 valence electrons. The van der Waals surface area contributed by atoms with E-state index in [1.165, 1.54) is 50.9 Å². The maximum Gasteiger partial charge on any atom is 0.255 e. The highest BCUT2D eigenvalue weighted by atomic mass is 16.5. The number of ether oxygens (including phenoxy) is 1. The van der Waals surface area contributed by atoms with Crippen LogP contribution in [-0.4, -0.2) is 48.6 Å². The number of hydrogen-bond donors (Lipinski definition) is 1. The van der Waals surface area contributed by atoms with Gasteiger partial charge in [-0.2, -0.15) is 0 Å². The van der Waals surface area contributed by atoms with Gasteiger partial charge in [0.1, 0.15) is 0 Å². The molecule has 0 aromatic heterocycles. The van der Waals surface area contributed by atoms with Crippen LogP contribution in [-0.2, 0) is 11.3 Å². The van der Waals surface area contributed by atoms with E-state index in [0.717, 1.165) is 29.6 Å². The van der Waals surface area contributed by atoms with Crippen LogP contribution < -0.4 is 10.2 Å². The van der Waals surface area contributed by atoms with E-state index >= 15 is 0 Å². The maximum atomic E-state index is 12.8. The summed E-state index contributed by atoms with van der Waals surface area (Å²) in [4.78, 5) is 18.0. The number of rotatable bonds is 9. The lowest BCUT2D eigenvalue weighted by molar-refractivity contribution is -0.00866. The van der Waals surface area contributed by atoms with Crippen molar-refractivity contribution in [2.45, 2.75) is 77.7 Å². The van der Waals surface area contributed by atoms with E-state index in [9.17, 15) is 4.79 Å². The van der Waals surface area contributed by atoms with E-state index in [2.05, 4.69) is 48.0 Å². The zero-order valence-electron chi connectivity index (χ0n) is 21.6. The predicted octanol–water partition coefficient (Wildman–Crippen LogP) is 5.95. The van der Waals surface area contributed by atoms with E-state index in [1.54, 1.807) is 0 Å². The average Bonchev–Trinajstić information content (AvgIpc) is 3.40. The Kier molecular flexibility index (Phi) is 7.45. The normalized spacial score (nSPS) is 23.4. The lowest BCUT2D eigenvalue weighted by Gasteiger charge is -2.30. The summed E-state index contributed by atoms with van der Waals surface area (Å²) in [6, 6.07) is 17.4. The zero-order chi connectivity index (χ0) is 24.4. The van der Waals surface area contributed by atoms with Crippen molar-refractivity contribution in [1.29, 1.82) is 0 Å². The van der Waals surface area contributed by atoms with Crippen LogP contribution in [0.3, 0.4) is 0 Å². The standard InChI is InChI=1S/C30H41N3O2/c1-21(2)17-22(3)32-18-25-15-16-33(29(25)19-32)27-13-11-26(12-14-27)31-30(34)24-9-7-23(8-10-24)20-35-28-5-4-6-28/h7-14,21-22,25,28-29H,4-6,15-20H2,1-3H3,(H,31,34). The molecule has 5 heteroatoms. The minimum atomic E-state index is -0.0731. The summed E-state index contributed by atoms with van der Waals surface area (Å²) < 4.78 is 5.86. The minimum Gasteiger partial charge on any atom is -0.374 e. The highest BCUT2D eigenvalue weighted by molar-refractivity contribution is 6.04. The van der Waals surface area contributed by atoms with E-state index in [-0.39, 0.29) is 5.91 Å². The van der Waals surface area contributed by atoms with E-state index in [0.29, 0.717) is 30.4 Å². The Labute approximate surface area is 210 Å². The van der Waals surface area contributed by atoms with Crippen molar-refractivity contribution in [2.75, 3.05) is 29.9 Å². The molecular weight excluding hydrogens is 434 g/mol. The lowest BCUT2D eigenvalue weighted by Crippen LogP contribution is -2.38. The summed E-state index contributed by atoms with van der Waals surface area (Å²) >= 11 is 0. The van der Waals surface area contributed by atoms with Gasteiger partial charge in [-0.05, 0) is 92.8 Å². The molecule has 1 N–H and O–H groups in total. The average molecular weight is 476 g/mol. The summed E-state index contributed by atoms with van der Waals surface area (Å²) in [5, 5.41) is 3.05. The van der Waals surface area contributed by atoms with Gasteiger partial charge in [-0.1, -0.05) is 26.0 Å². The van der Waals surface area contributed by atoms with Gasteiger partial charge in [-0.15, -0.1) is 0 Å². The first kappa shape index (κ1) is 24.3. The van der Waals surface area contributed by atoms with Gasteiger partial charge in [0, 0.05) is 48.7 Å². The van der Waals surface area contributed by atoms with Gasteiger partial charge < -0.3 is 15.0 Å². The second kappa shape index (κ2) is 10.7. The highest BCUT2D eigenvalue weighted by Gasteiger charge is 2.42. The number of carbonyl (C=O) groups excluding carboxylic acids is 1. The van der Waals surface area contributed by atoms with Gasteiger partial charge in [0.05, 0.1) is 12.7 Å². The third kappa shape index (κ3) is 5.73. The molecule has 5 nitrogen and oxygen atoms in total. The van der Waals surface area contributed by atoms with Crippen molar-refractivity contribution in [3.05, 3.63) is 59.7 Å². The first-order chi connectivity index (χ1) is 17.0. The summed E-state index contributed by atoms with van der Waals surface area (Å²) in [7, 11) is 0. The number of hydrogen-bond acceptors (Lipinski definition) is 4. The fraction of sp³-hybridized carbons (Fsp3) is 0.567. The molecule has 3 unspecified atom stereocenters. The number of benzene rings is 2. The van der Waals surface area contributed by atoms with Crippen LogP contribution in [0, 0.1) is 11.8 Å². The molecule has 0 spiro atoms. The number of carbonyl (C=O) groups is 1. The largest absolute Gasteiger partial charge is 0.374 e. The number of amides is 1. The van der Waals surface area contributed by atoms with E-state index in [1.807, 2.05) is 36.4 Å². The summed E-state index contributed by atoms with van der Waals surface area (Å²) in [5.41, 5.74) is 3.89. The molecule has 2 aromatic rings. The van der Waals surface area contributed by atoms with E-state index < -0.39 is 0 Å². The van der Waals surface area contributed by atoms with Gasteiger partial charge in [-0.25, -0.2) is 0 Å². The van der Waals surface area contributed by atoms with Gasteiger partial charge in [0.2, 0.25) is 0 Å². The molecule has 3 atom stereocenters. The zero-order valence-corrected chi connectivity index (χ0v) is 21.6. The molecule has 2 heterocycles. The highest BCUT2D eigenvalue weighted by Crippen LogP contribution is 2.36. The number of fused-ring (bicyclic) bond motifs is 1. The van der Waals surface area contributed by atoms with Crippen LogP contribution in [0.15, 0.2) is 48.5 Å². The van der Waals surface area contributed by atoms with Crippen LogP contribution in [0.4, 0.5) is 11.4 Å². The molecule has 2 saturated heterocycles. The Bertz CT molecular complexity index is 984. The Morgan fingerprint density at radius 3 is 2.40 bits per heavy atom. The Balaban J connectivity index is 1.14. The smallest absolute Gasteiger partial charge is 0.255 e. The minimum absolute atomic E-state index is 0.0731. The molecular formula is C30H41N3O2. The quantitative estimate of drug-likeness (QED) is 0.487. The maximum absolute atomic E-state index is 12.8. The number of nitrogens with one attached hydrogen (secondary N) is 1. The molecule has 2 aromatic carbocycles. The third-order valence-electron chi connectivity index (χ3n) is 8.22. The molecule has 1 saturated carbocycles. The molecule has 0 bridgehead atoms. The Morgan fingerprint density at radius 1 is 1.00 bits per heavy atom. The summed E-state index contributed by atoms with van der Waals surface area (Å²) in [6.07, 6.45) is 6.59. The number of anilines is 2. The topological polar surface area (TPSA) is 44.8 Å². The molecule has 35 heavy (non-hydrogen) atoms. The van der Waals surface area contributed by atoms with Gasteiger partial charge >= 0.3 is 0 Å². The van der Waals surface area contributed by atoms with Crippen molar-refractivity contribution in [2.24, 2.45) is 11.8 Å². The Hall–Kier alpha value is -2.37. The second-order valence-corrected chi connectivity index (χ2v) is 11.3. The molecule has 0 radical (unpaired) electrons. The molecule has 5 rings (SSSR count). The van der Waals surface area contributed by atoms with Crippen molar-refractivity contribution in [1.82, 2.24) is 4.90 Å². The molecule has 1 amide bonds. The second-order valence-electron chi connectivity index (χ2n) is 11.3. The first-order valence-electron chi connectivity index (χ1n) is 13.6. The fourth-order valence-corrected chi connectivity index (χ4v) is 5.95. The SMILES string of the molecule is CC(C)CC(C)N1CC2CCN(c3ccc(NC(=O)c4ccc(COC5CCC5)cc4)cc3)C2C1. The van der Waals surface area contributed by atoms with Gasteiger partial charge in [0.25, 0.3) is 5.91 Å². The van der Waals surface area contributed by atoms with Gasteiger partial charge in [-0.3, -0.25) is 9.69 Å². The molecule has 3 aliphatic rings. The summed E-state index contributed by atoms with van der Waals surface area (Å²) in [6.45, 7) is 11.2. The van der Waals surface area contributed by atoms with Crippen molar-refractivity contribution < 1.29 is 9.53 Å². The first-order valence-corrected chi connectivity index (χ1v) is 13.6. The monoisotopic (exact) mass is 475 g/mol. The molecule has 3 fully saturated rings. The number of nitrogens with zero attached hydrogens (tertiary/aromatic N) is 2. The summed E-state index contributed by atoms with van der Waals surface area (Å²) in [5.74, 6) is 1.44. The van der Waals surface area contributed by atoms with Gasteiger partial charge in [0.15, 0.2) is 0 Å².